The Balaban J connectivity index is 2.48. The number of hydrogen-bond acceptors (Lipinski definition) is 4. The van der Waals surface area contributed by atoms with E-state index in [0.717, 1.165) is 4.47 Å². The number of anilines is 1. The maximum Gasteiger partial charge on any atom is 0.215 e. The van der Waals surface area contributed by atoms with Gasteiger partial charge >= 0.3 is 0 Å². The zero-order chi connectivity index (χ0) is 13.6. The molecule has 1 rings (SSSR count). The molecule has 102 valence electrons. The Hall–Kier alpha value is -0.660. The summed E-state index contributed by atoms with van der Waals surface area (Å²) in [5.74, 6) is 0.750. The predicted molar refractivity (Wildman–Crippen MR) is 77.1 cm³/mol. The summed E-state index contributed by atoms with van der Waals surface area (Å²) < 4.78 is 26.1. The van der Waals surface area contributed by atoms with E-state index in [2.05, 4.69) is 26.2 Å². The zero-order valence-electron chi connectivity index (χ0n) is 10.6. The minimum atomic E-state index is -3.17. The number of rotatable bonds is 7. The summed E-state index contributed by atoms with van der Waals surface area (Å²) in [7, 11) is -3.17. The lowest BCUT2D eigenvalue weighted by molar-refractivity contribution is 0.446. The largest absolute Gasteiger partial charge is 0.369 e. The van der Waals surface area contributed by atoms with Crippen LogP contribution in [0.2, 0.25) is 0 Å². The molecular weight excluding hydrogens is 318 g/mol. The predicted octanol–water partition coefficient (Wildman–Crippen LogP) is 1.93. The average molecular weight is 336 g/mol. The van der Waals surface area contributed by atoms with Crippen LogP contribution in [0.25, 0.3) is 0 Å². The molecule has 0 bridgehead atoms. The first kappa shape index (κ1) is 15.4. The monoisotopic (exact) mass is 335 g/mol. The highest BCUT2D eigenvalue weighted by atomic mass is 79.9. The number of nitrogens with one attached hydrogen (secondary N) is 1. The standard InChI is InChI=1S/C11H18BrN3O2S/c1-3-15(4-2)18(16,17)8-7-13-11-6-5-10(12)9-14-11/h5-6,9H,3-4,7-8H2,1-2H3,(H,13,14). The van der Waals surface area contributed by atoms with Crippen LogP contribution in [0.1, 0.15) is 13.8 Å². The summed E-state index contributed by atoms with van der Waals surface area (Å²) >= 11 is 3.29. The van der Waals surface area contributed by atoms with Gasteiger partial charge in [0.2, 0.25) is 10.0 Å². The number of aromatic nitrogens is 1. The van der Waals surface area contributed by atoms with Crippen molar-refractivity contribution in [1.29, 1.82) is 0 Å². The Labute approximate surface area is 117 Å². The Morgan fingerprint density at radius 1 is 1.33 bits per heavy atom. The smallest absolute Gasteiger partial charge is 0.215 e. The molecule has 0 saturated carbocycles. The van der Waals surface area contributed by atoms with Crippen molar-refractivity contribution < 1.29 is 8.42 Å². The van der Waals surface area contributed by atoms with Crippen molar-refractivity contribution in [3.63, 3.8) is 0 Å². The molecule has 0 saturated heterocycles. The minimum absolute atomic E-state index is 0.0758. The highest BCUT2D eigenvalue weighted by Crippen LogP contribution is 2.10. The molecule has 0 aliphatic heterocycles. The van der Waals surface area contributed by atoms with Gasteiger partial charge in [0, 0.05) is 30.3 Å². The van der Waals surface area contributed by atoms with E-state index in [1.165, 1.54) is 4.31 Å². The molecule has 0 fully saturated rings. The molecule has 0 amide bonds. The quantitative estimate of drug-likeness (QED) is 0.826. The lowest BCUT2D eigenvalue weighted by atomic mass is 10.4. The van der Waals surface area contributed by atoms with Gasteiger partial charge in [-0.25, -0.2) is 17.7 Å². The molecule has 1 aromatic heterocycles. The van der Waals surface area contributed by atoms with Crippen molar-refractivity contribution >= 4 is 31.8 Å². The van der Waals surface area contributed by atoms with Gasteiger partial charge < -0.3 is 5.32 Å². The Kier molecular flexibility index (Phi) is 6.04. The fourth-order valence-electron chi connectivity index (χ4n) is 1.53. The molecule has 18 heavy (non-hydrogen) atoms. The van der Waals surface area contributed by atoms with E-state index in [1.807, 2.05) is 19.9 Å². The molecule has 7 heteroatoms. The molecule has 1 N–H and O–H groups in total. The van der Waals surface area contributed by atoms with E-state index >= 15 is 0 Å². The maximum atomic E-state index is 11.9. The number of halogens is 1. The van der Waals surface area contributed by atoms with Crippen LogP contribution in [0.15, 0.2) is 22.8 Å². The van der Waals surface area contributed by atoms with Crippen molar-refractivity contribution in [2.75, 3.05) is 30.7 Å². The second kappa shape index (κ2) is 7.06. The van der Waals surface area contributed by atoms with Gasteiger partial charge in [-0.05, 0) is 28.1 Å². The summed E-state index contributed by atoms with van der Waals surface area (Å²) in [4.78, 5) is 4.12. The van der Waals surface area contributed by atoms with Crippen molar-refractivity contribution in [3.8, 4) is 0 Å². The molecule has 0 radical (unpaired) electrons. The van der Waals surface area contributed by atoms with E-state index in [0.29, 0.717) is 25.5 Å². The van der Waals surface area contributed by atoms with Gasteiger partial charge in [0.15, 0.2) is 0 Å². The highest BCUT2D eigenvalue weighted by molar-refractivity contribution is 9.10. The summed E-state index contributed by atoms with van der Waals surface area (Å²) in [5.41, 5.74) is 0. The number of nitrogens with zero attached hydrogens (tertiary/aromatic N) is 2. The van der Waals surface area contributed by atoms with Gasteiger partial charge in [0.25, 0.3) is 0 Å². The molecule has 0 atom stereocenters. The molecule has 0 aliphatic rings. The third kappa shape index (κ3) is 4.55. The van der Waals surface area contributed by atoms with Crippen LogP contribution in [-0.2, 0) is 10.0 Å². The van der Waals surface area contributed by atoms with Gasteiger partial charge in [-0.15, -0.1) is 0 Å². The van der Waals surface area contributed by atoms with E-state index in [4.69, 9.17) is 0 Å². The molecule has 0 spiro atoms. The average Bonchev–Trinajstić information content (AvgIpc) is 2.32. The lowest BCUT2D eigenvalue weighted by Gasteiger charge is -2.18. The molecule has 0 aromatic carbocycles. The summed E-state index contributed by atoms with van der Waals surface area (Å²) in [5, 5.41) is 2.99. The summed E-state index contributed by atoms with van der Waals surface area (Å²) in [6.07, 6.45) is 1.67. The van der Waals surface area contributed by atoms with Crippen molar-refractivity contribution in [2.24, 2.45) is 0 Å². The minimum Gasteiger partial charge on any atom is -0.369 e. The lowest BCUT2D eigenvalue weighted by Crippen LogP contribution is -2.34. The number of sulfonamides is 1. The Morgan fingerprint density at radius 3 is 2.50 bits per heavy atom. The molecular formula is C11H18BrN3O2S. The van der Waals surface area contributed by atoms with E-state index < -0.39 is 10.0 Å². The molecule has 1 aromatic rings. The molecule has 0 aliphatic carbocycles. The van der Waals surface area contributed by atoms with Crippen LogP contribution in [-0.4, -0.2) is 43.1 Å². The van der Waals surface area contributed by atoms with Crippen LogP contribution >= 0.6 is 15.9 Å². The van der Waals surface area contributed by atoms with Gasteiger partial charge in [0.1, 0.15) is 5.82 Å². The van der Waals surface area contributed by atoms with Gasteiger partial charge in [0.05, 0.1) is 5.75 Å². The van der Waals surface area contributed by atoms with Crippen LogP contribution < -0.4 is 5.32 Å². The van der Waals surface area contributed by atoms with Crippen LogP contribution in [0.4, 0.5) is 5.82 Å². The van der Waals surface area contributed by atoms with Gasteiger partial charge in [-0.2, -0.15) is 0 Å². The van der Waals surface area contributed by atoms with Crippen molar-refractivity contribution in [2.45, 2.75) is 13.8 Å². The zero-order valence-corrected chi connectivity index (χ0v) is 13.0. The fraction of sp³-hybridized carbons (Fsp3) is 0.545. The van der Waals surface area contributed by atoms with Crippen LogP contribution in [0.5, 0.6) is 0 Å². The summed E-state index contributed by atoms with van der Waals surface area (Å²) in [6.45, 7) is 5.05. The number of pyridine rings is 1. The molecule has 1 heterocycles. The Morgan fingerprint density at radius 2 is 2.00 bits per heavy atom. The van der Waals surface area contributed by atoms with Crippen LogP contribution in [0, 0.1) is 0 Å². The van der Waals surface area contributed by atoms with E-state index in [-0.39, 0.29) is 5.75 Å². The van der Waals surface area contributed by atoms with Crippen LogP contribution in [0.3, 0.4) is 0 Å². The maximum absolute atomic E-state index is 11.9. The first-order valence-electron chi connectivity index (χ1n) is 5.82. The van der Waals surface area contributed by atoms with E-state index in [1.54, 1.807) is 12.3 Å². The topological polar surface area (TPSA) is 62.3 Å². The normalized spacial score (nSPS) is 11.8. The highest BCUT2D eigenvalue weighted by Gasteiger charge is 2.17. The fourth-order valence-corrected chi connectivity index (χ4v) is 3.17. The van der Waals surface area contributed by atoms with E-state index in [9.17, 15) is 8.42 Å². The number of hydrogen-bond donors (Lipinski definition) is 1. The SMILES string of the molecule is CCN(CC)S(=O)(=O)CCNc1ccc(Br)cn1. The second-order valence-corrected chi connectivity index (χ2v) is 6.69. The second-order valence-electron chi connectivity index (χ2n) is 3.69. The van der Waals surface area contributed by atoms with Gasteiger partial charge in [-0.1, -0.05) is 13.8 Å². The van der Waals surface area contributed by atoms with Gasteiger partial charge in [-0.3, -0.25) is 0 Å². The Bertz CT molecular complexity index is 458. The molecule has 0 unspecified atom stereocenters. The first-order valence-corrected chi connectivity index (χ1v) is 8.23. The molecule has 5 nitrogen and oxygen atoms in total. The first-order chi connectivity index (χ1) is 8.49. The van der Waals surface area contributed by atoms with Crippen molar-refractivity contribution in [1.82, 2.24) is 9.29 Å². The summed E-state index contributed by atoms with van der Waals surface area (Å²) in [6, 6.07) is 3.66. The van der Waals surface area contributed by atoms with Crippen molar-refractivity contribution in [3.05, 3.63) is 22.8 Å². The third-order valence-electron chi connectivity index (χ3n) is 2.49. The third-order valence-corrected chi connectivity index (χ3v) is 4.98.